The van der Waals surface area contributed by atoms with E-state index < -0.39 is 11.9 Å². The smallest absolute Gasteiger partial charge is 0.275 e. The highest BCUT2D eigenvalue weighted by atomic mass is 32.1. The molecule has 2 aromatic heterocycles. The maximum atomic E-state index is 12.2. The molecule has 0 amide bonds. The third-order valence-electron chi connectivity index (χ3n) is 1.75. The minimum absolute atomic E-state index is 0.329. The van der Waals surface area contributed by atoms with Crippen molar-refractivity contribution in [3.63, 3.8) is 0 Å². The summed E-state index contributed by atoms with van der Waals surface area (Å²) in [7, 11) is 1.70. The van der Waals surface area contributed by atoms with Gasteiger partial charge in [0.1, 0.15) is 5.01 Å². The summed E-state index contributed by atoms with van der Waals surface area (Å²) in [6.07, 6.45) is -1.27. The summed E-state index contributed by atoms with van der Waals surface area (Å²) in [5.74, 6) is 0. The number of hydrogen-bond acceptors (Lipinski definition) is 3. The van der Waals surface area contributed by atoms with E-state index in [1.807, 2.05) is 0 Å². The van der Waals surface area contributed by atoms with Crippen LogP contribution in [0.15, 0.2) is 17.8 Å². The molecule has 15 heavy (non-hydrogen) atoms. The molecular formula is C8H6F3N3S. The van der Waals surface area contributed by atoms with Gasteiger partial charge in [-0.3, -0.25) is 4.68 Å². The van der Waals surface area contributed by atoms with Crippen LogP contribution >= 0.6 is 11.3 Å². The third-order valence-corrected chi connectivity index (χ3v) is 2.64. The number of alkyl halides is 3. The molecule has 0 fully saturated rings. The lowest BCUT2D eigenvalue weighted by Gasteiger charge is -1.99. The molecule has 0 aromatic carbocycles. The van der Waals surface area contributed by atoms with E-state index in [2.05, 4.69) is 10.1 Å². The molecular weight excluding hydrogens is 227 g/mol. The fourth-order valence-electron chi connectivity index (χ4n) is 1.07. The van der Waals surface area contributed by atoms with Crippen LogP contribution in [0.2, 0.25) is 0 Å². The van der Waals surface area contributed by atoms with E-state index in [9.17, 15) is 13.2 Å². The summed E-state index contributed by atoms with van der Waals surface area (Å²) in [6.45, 7) is 0. The van der Waals surface area contributed by atoms with Crippen LogP contribution in [0.1, 0.15) is 5.69 Å². The number of thiazole rings is 1. The molecule has 3 nitrogen and oxygen atoms in total. The van der Waals surface area contributed by atoms with Crippen molar-refractivity contribution >= 4 is 11.3 Å². The Morgan fingerprint density at radius 2 is 2.13 bits per heavy atom. The second-order valence-electron chi connectivity index (χ2n) is 2.94. The van der Waals surface area contributed by atoms with Crippen molar-refractivity contribution in [3.8, 4) is 10.6 Å². The number of rotatable bonds is 1. The molecule has 0 aliphatic rings. The van der Waals surface area contributed by atoms with Gasteiger partial charge in [-0.15, -0.1) is 11.3 Å². The van der Waals surface area contributed by atoms with Gasteiger partial charge in [-0.25, -0.2) is 4.98 Å². The van der Waals surface area contributed by atoms with Gasteiger partial charge in [0.15, 0.2) is 5.69 Å². The second-order valence-corrected chi connectivity index (χ2v) is 3.80. The number of nitrogens with zero attached hydrogens (tertiary/aromatic N) is 3. The first-order chi connectivity index (χ1) is 6.97. The second kappa shape index (κ2) is 3.34. The molecule has 2 heterocycles. The molecule has 7 heteroatoms. The van der Waals surface area contributed by atoms with E-state index in [0.29, 0.717) is 10.6 Å². The normalized spacial score (nSPS) is 12.0. The standard InChI is InChI=1S/C8H6F3N3S/c1-14-3-5(2-12-14)7-13-6(4-15-7)8(9,10)11/h2-4H,1H3. The summed E-state index contributed by atoms with van der Waals surface area (Å²) in [4.78, 5) is 3.51. The Bertz CT molecular complexity index is 471. The summed E-state index contributed by atoms with van der Waals surface area (Å²) < 4.78 is 38.3. The third kappa shape index (κ3) is 2.01. The molecule has 2 aromatic rings. The largest absolute Gasteiger partial charge is 0.434 e. The zero-order valence-electron chi connectivity index (χ0n) is 7.62. The van der Waals surface area contributed by atoms with E-state index in [1.165, 1.54) is 10.9 Å². The monoisotopic (exact) mass is 233 g/mol. The maximum Gasteiger partial charge on any atom is 0.434 e. The summed E-state index contributed by atoms with van der Waals surface area (Å²) >= 11 is 0.958. The maximum absolute atomic E-state index is 12.2. The average molecular weight is 233 g/mol. The lowest BCUT2D eigenvalue weighted by atomic mass is 10.4. The number of hydrogen-bond donors (Lipinski definition) is 0. The number of aryl methyl sites for hydroxylation is 1. The summed E-state index contributed by atoms with van der Waals surface area (Å²) in [6, 6.07) is 0. The van der Waals surface area contributed by atoms with Crippen molar-refractivity contribution < 1.29 is 13.2 Å². The Morgan fingerprint density at radius 3 is 2.60 bits per heavy atom. The Labute approximate surface area is 87.2 Å². The first kappa shape index (κ1) is 10.2. The Hall–Kier alpha value is -1.37. The molecule has 0 atom stereocenters. The van der Waals surface area contributed by atoms with Crippen LogP contribution in [0.5, 0.6) is 0 Å². The predicted octanol–water partition coefficient (Wildman–Crippen LogP) is 2.56. The molecule has 0 saturated heterocycles. The van der Waals surface area contributed by atoms with Gasteiger partial charge in [0.2, 0.25) is 0 Å². The van der Waals surface area contributed by atoms with Crippen molar-refractivity contribution in [2.75, 3.05) is 0 Å². The molecule has 0 radical (unpaired) electrons. The van der Waals surface area contributed by atoms with Crippen molar-refractivity contribution in [2.45, 2.75) is 6.18 Å². The van der Waals surface area contributed by atoms with Gasteiger partial charge in [-0.05, 0) is 0 Å². The van der Waals surface area contributed by atoms with Crippen LogP contribution in [0, 0.1) is 0 Å². The molecule has 80 valence electrons. The lowest BCUT2D eigenvalue weighted by Crippen LogP contribution is -2.04. The van der Waals surface area contributed by atoms with Gasteiger partial charge >= 0.3 is 6.18 Å². The van der Waals surface area contributed by atoms with Gasteiger partial charge in [0, 0.05) is 24.2 Å². The van der Waals surface area contributed by atoms with Gasteiger partial charge in [0.05, 0.1) is 6.20 Å². The van der Waals surface area contributed by atoms with E-state index in [-0.39, 0.29) is 0 Å². The van der Waals surface area contributed by atoms with E-state index in [1.54, 1.807) is 13.2 Å². The zero-order chi connectivity index (χ0) is 11.1. The summed E-state index contributed by atoms with van der Waals surface area (Å²) in [5, 5.41) is 5.20. The van der Waals surface area contributed by atoms with Gasteiger partial charge in [-0.2, -0.15) is 18.3 Å². The van der Waals surface area contributed by atoms with Crippen molar-refractivity contribution in [2.24, 2.45) is 7.05 Å². The van der Waals surface area contributed by atoms with Gasteiger partial charge in [-0.1, -0.05) is 0 Å². The van der Waals surface area contributed by atoms with Crippen molar-refractivity contribution in [1.82, 2.24) is 14.8 Å². The molecule has 0 saturated carbocycles. The number of aromatic nitrogens is 3. The van der Waals surface area contributed by atoms with Crippen molar-refractivity contribution in [3.05, 3.63) is 23.5 Å². The first-order valence-corrected chi connectivity index (χ1v) is 4.86. The van der Waals surface area contributed by atoms with Gasteiger partial charge < -0.3 is 0 Å². The molecule has 0 spiro atoms. The SMILES string of the molecule is Cn1cc(-c2nc(C(F)(F)F)cs2)cn1. The Morgan fingerprint density at radius 1 is 1.40 bits per heavy atom. The predicted molar refractivity (Wildman–Crippen MR) is 49.3 cm³/mol. The Balaban J connectivity index is 2.36. The van der Waals surface area contributed by atoms with Crippen molar-refractivity contribution in [1.29, 1.82) is 0 Å². The highest BCUT2D eigenvalue weighted by molar-refractivity contribution is 7.13. The zero-order valence-corrected chi connectivity index (χ0v) is 8.43. The van der Waals surface area contributed by atoms with E-state index in [4.69, 9.17) is 0 Å². The molecule has 0 bridgehead atoms. The fourth-order valence-corrected chi connectivity index (χ4v) is 1.87. The molecule has 0 aliphatic heterocycles. The summed E-state index contributed by atoms with van der Waals surface area (Å²) in [5.41, 5.74) is -0.260. The molecule has 0 unspecified atom stereocenters. The minimum atomic E-state index is -4.38. The number of halogens is 3. The van der Waals surface area contributed by atoms with Crippen LogP contribution in [0.4, 0.5) is 13.2 Å². The average Bonchev–Trinajstić information content (AvgIpc) is 2.69. The van der Waals surface area contributed by atoms with E-state index in [0.717, 1.165) is 16.7 Å². The fraction of sp³-hybridized carbons (Fsp3) is 0.250. The van der Waals surface area contributed by atoms with Crippen LogP contribution in [0.25, 0.3) is 10.6 Å². The van der Waals surface area contributed by atoms with Crippen LogP contribution in [-0.4, -0.2) is 14.8 Å². The van der Waals surface area contributed by atoms with Crippen LogP contribution in [-0.2, 0) is 13.2 Å². The topological polar surface area (TPSA) is 30.7 Å². The highest BCUT2D eigenvalue weighted by Gasteiger charge is 2.33. The quantitative estimate of drug-likeness (QED) is 0.757. The minimum Gasteiger partial charge on any atom is -0.275 e. The van der Waals surface area contributed by atoms with Crippen LogP contribution in [0.3, 0.4) is 0 Å². The van der Waals surface area contributed by atoms with Crippen LogP contribution < -0.4 is 0 Å². The van der Waals surface area contributed by atoms with E-state index >= 15 is 0 Å². The first-order valence-electron chi connectivity index (χ1n) is 3.98. The molecule has 2 rings (SSSR count). The lowest BCUT2D eigenvalue weighted by molar-refractivity contribution is -0.140. The highest BCUT2D eigenvalue weighted by Crippen LogP contribution is 2.33. The Kier molecular flexibility index (Phi) is 2.26. The molecule has 0 aliphatic carbocycles. The molecule has 0 N–H and O–H groups in total. The van der Waals surface area contributed by atoms with Gasteiger partial charge in [0.25, 0.3) is 0 Å².